The first-order valence-electron chi connectivity index (χ1n) is 7.26. The first-order chi connectivity index (χ1) is 10.9. The van der Waals surface area contributed by atoms with Crippen LogP contribution in [0, 0.1) is 0 Å². The molecule has 0 unspecified atom stereocenters. The van der Waals surface area contributed by atoms with Crippen molar-refractivity contribution in [1.82, 2.24) is 4.90 Å². The number of hydrogen-bond acceptors (Lipinski definition) is 5. The van der Waals surface area contributed by atoms with Crippen LogP contribution in [0.25, 0.3) is 0 Å². The van der Waals surface area contributed by atoms with Crippen LogP contribution in [0.5, 0.6) is 5.75 Å². The molecule has 1 amide bonds. The number of rotatable bonds is 1. The summed E-state index contributed by atoms with van der Waals surface area (Å²) in [5.74, 6) is 0.304. The third-order valence-corrected chi connectivity index (χ3v) is 4.44. The highest BCUT2D eigenvalue weighted by molar-refractivity contribution is 6.04. The minimum absolute atomic E-state index is 0.0735. The summed E-state index contributed by atoms with van der Waals surface area (Å²) in [6.45, 7) is 0.695. The summed E-state index contributed by atoms with van der Waals surface area (Å²) in [4.78, 5) is 24.8. The van der Waals surface area contributed by atoms with Crippen LogP contribution in [0.4, 0.5) is 4.79 Å². The topological polar surface area (TPSA) is 125 Å². The maximum atomic E-state index is 12.5. The molecule has 4 N–H and O–H groups in total. The standard InChI is InChI=1S/C15H17N3O5/c16-13(17-22)9-1-2-12-10(7-9)11(19)8-15(23-12)3-5-18(6-4-15)14(20)21/h1-2,7,22H,3-6,8H2,(H2,16,17)(H,20,21). The van der Waals surface area contributed by atoms with E-state index in [2.05, 4.69) is 5.16 Å². The van der Waals surface area contributed by atoms with Gasteiger partial charge in [0.2, 0.25) is 0 Å². The van der Waals surface area contributed by atoms with Crippen LogP contribution in [-0.4, -0.2) is 51.6 Å². The van der Waals surface area contributed by atoms with Crippen molar-refractivity contribution in [2.45, 2.75) is 24.9 Å². The van der Waals surface area contributed by atoms with Crippen molar-refractivity contribution in [3.05, 3.63) is 29.3 Å². The first kappa shape index (κ1) is 15.1. The Morgan fingerprint density at radius 3 is 2.65 bits per heavy atom. The molecule has 2 aliphatic rings. The van der Waals surface area contributed by atoms with Gasteiger partial charge in [0.25, 0.3) is 0 Å². The van der Waals surface area contributed by atoms with Gasteiger partial charge in [-0.25, -0.2) is 4.79 Å². The number of oxime groups is 1. The number of carbonyl (C=O) groups is 2. The molecule has 0 aromatic heterocycles. The molecule has 23 heavy (non-hydrogen) atoms. The zero-order chi connectivity index (χ0) is 16.6. The maximum Gasteiger partial charge on any atom is 0.407 e. The van der Waals surface area contributed by atoms with E-state index in [1.54, 1.807) is 18.2 Å². The number of amidine groups is 1. The SMILES string of the molecule is NC(=NO)c1ccc2c(c1)C(=O)CC1(CCN(C(=O)O)CC1)O2. The van der Waals surface area contributed by atoms with Gasteiger partial charge in [-0.1, -0.05) is 5.16 Å². The predicted molar refractivity (Wildman–Crippen MR) is 80.1 cm³/mol. The van der Waals surface area contributed by atoms with Crippen molar-refractivity contribution in [3.63, 3.8) is 0 Å². The van der Waals surface area contributed by atoms with Gasteiger partial charge >= 0.3 is 6.09 Å². The van der Waals surface area contributed by atoms with Gasteiger partial charge in [0.1, 0.15) is 11.4 Å². The molecule has 1 aromatic carbocycles. The summed E-state index contributed by atoms with van der Waals surface area (Å²) in [5.41, 5.74) is 5.74. The van der Waals surface area contributed by atoms with Gasteiger partial charge in [-0.15, -0.1) is 0 Å². The monoisotopic (exact) mass is 319 g/mol. The number of nitrogens with zero attached hydrogens (tertiary/aromatic N) is 2. The highest BCUT2D eigenvalue weighted by atomic mass is 16.5. The van der Waals surface area contributed by atoms with Crippen LogP contribution < -0.4 is 10.5 Å². The Morgan fingerprint density at radius 1 is 1.35 bits per heavy atom. The van der Waals surface area contributed by atoms with Crippen molar-refractivity contribution < 1.29 is 24.6 Å². The highest BCUT2D eigenvalue weighted by Gasteiger charge is 2.43. The van der Waals surface area contributed by atoms with Crippen LogP contribution in [0.15, 0.2) is 23.4 Å². The second-order valence-electron chi connectivity index (χ2n) is 5.85. The van der Waals surface area contributed by atoms with E-state index in [0.29, 0.717) is 42.8 Å². The zero-order valence-corrected chi connectivity index (χ0v) is 12.4. The Kier molecular flexibility index (Phi) is 3.59. The van der Waals surface area contributed by atoms with Gasteiger partial charge < -0.3 is 25.7 Å². The number of piperidine rings is 1. The number of Topliss-reactive ketones (excluding diaryl/α,β-unsaturated/α-hetero) is 1. The van der Waals surface area contributed by atoms with Crippen LogP contribution in [0.2, 0.25) is 0 Å². The van der Waals surface area contributed by atoms with Gasteiger partial charge in [0.05, 0.1) is 12.0 Å². The highest BCUT2D eigenvalue weighted by Crippen LogP contribution is 2.39. The molecule has 0 radical (unpaired) electrons. The fraction of sp³-hybridized carbons (Fsp3) is 0.400. The van der Waals surface area contributed by atoms with Crippen LogP contribution in [0.1, 0.15) is 35.2 Å². The molecular weight excluding hydrogens is 302 g/mol. The molecule has 0 bridgehead atoms. The first-order valence-corrected chi connectivity index (χ1v) is 7.26. The van der Waals surface area contributed by atoms with Gasteiger partial charge in [-0.3, -0.25) is 4.79 Å². The van der Waals surface area contributed by atoms with Crippen molar-refractivity contribution in [2.24, 2.45) is 10.9 Å². The molecule has 2 heterocycles. The number of likely N-dealkylation sites (tertiary alicyclic amines) is 1. The quantitative estimate of drug-likeness (QED) is 0.310. The molecule has 1 spiro atoms. The molecule has 2 aliphatic heterocycles. The smallest absolute Gasteiger partial charge is 0.407 e. The number of ketones is 1. The molecule has 122 valence electrons. The average molecular weight is 319 g/mol. The molecule has 3 rings (SSSR count). The summed E-state index contributed by atoms with van der Waals surface area (Å²) >= 11 is 0. The second-order valence-corrected chi connectivity index (χ2v) is 5.85. The summed E-state index contributed by atoms with van der Waals surface area (Å²) in [6.07, 6.45) is 0.206. The summed E-state index contributed by atoms with van der Waals surface area (Å²) < 4.78 is 6.04. The van der Waals surface area contributed by atoms with Crippen molar-refractivity contribution >= 4 is 17.7 Å². The molecule has 1 aromatic rings. The van der Waals surface area contributed by atoms with Gasteiger partial charge in [0, 0.05) is 31.5 Å². The van der Waals surface area contributed by atoms with E-state index in [-0.39, 0.29) is 18.0 Å². The normalized spacial score (nSPS) is 20.1. The van der Waals surface area contributed by atoms with E-state index in [4.69, 9.17) is 20.8 Å². The molecule has 0 aliphatic carbocycles. The Bertz CT molecular complexity index is 692. The second kappa shape index (κ2) is 5.45. The van der Waals surface area contributed by atoms with E-state index < -0.39 is 11.7 Å². The molecule has 0 atom stereocenters. The Balaban J connectivity index is 1.85. The lowest BCUT2D eigenvalue weighted by atomic mass is 9.82. The van der Waals surface area contributed by atoms with E-state index in [1.807, 2.05) is 0 Å². The minimum Gasteiger partial charge on any atom is -0.486 e. The largest absolute Gasteiger partial charge is 0.486 e. The van der Waals surface area contributed by atoms with Crippen molar-refractivity contribution in [3.8, 4) is 5.75 Å². The number of fused-ring (bicyclic) bond motifs is 1. The Labute approximate surface area is 132 Å². The molecule has 1 fully saturated rings. The average Bonchev–Trinajstić information content (AvgIpc) is 2.54. The van der Waals surface area contributed by atoms with E-state index in [9.17, 15) is 9.59 Å². The summed E-state index contributed by atoms with van der Waals surface area (Å²) in [6, 6.07) is 4.80. The van der Waals surface area contributed by atoms with Crippen LogP contribution in [0.3, 0.4) is 0 Å². The lowest BCUT2D eigenvalue weighted by molar-refractivity contribution is -0.00520. The van der Waals surface area contributed by atoms with Crippen LogP contribution in [-0.2, 0) is 0 Å². The fourth-order valence-corrected chi connectivity index (χ4v) is 3.10. The summed E-state index contributed by atoms with van der Waals surface area (Å²) in [7, 11) is 0. The van der Waals surface area contributed by atoms with Crippen molar-refractivity contribution in [2.75, 3.05) is 13.1 Å². The predicted octanol–water partition coefficient (Wildman–Crippen LogP) is 1.26. The number of amides is 1. The number of hydrogen-bond donors (Lipinski definition) is 3. The zero-order valence-electron chi connectivity index (χ0n) is 12.4. The van der Waals surface area contributed by atoms with Crippen LogP contribution >= 0.6 is 0 Å². The lowest BCUT2D eigenvalue weighted by Gasteiger charge is -2.43. The van der Waals surface area contributed by atoms with E-state index >= 15 is 0 Å². The number of nitrogens with two attached hydrogens (primary N) is 1. The molecule has 8 heteroatoms. The molecular formula is C15H17N3O5. The number of ether oxygens (including phenoxy) is 1. The number of benzene rings is 1. The third kappa shape index (κ3) is 2.67. The third-order valence-electron chi connectivity index (χ3n) is 4.44. The molecule has 8 nitrogen and oxygen atoms in total. The van der Waals surface area contributed by atoms with Gasteiger partial charge in [-0.2, -0.15) is 0 Å². The van der Waals surface area contributed by atoms with E-state index in [1.165, 1.54) is 4.90 Å². The number of carboxylic acid groups (broad SMARTS) is 1. The fourth-order valence-electron chi connectivity index (χ4n) is 3.10. The Morgan fingerprint density at radius 2 is 2.04 bits per heavy atom. The van der Waals surface area contributed by atoms with Gasteiger partial charge in [0.15, 0.2) is 11.6 Å². The maximum absolute atomic E-state index is 12.5. The lowest BCUT2D eigenvalue weighted by Crippen LogP contribution is -2.52. The summed E-state index contributed by atoms with van der Waals surface area (Å²) in [5, 5.41) is 20.7. The minimum atomic E-state index is -0.953. The van der Waals surface area contributed by atoms with Gasteiger partial charge in [-0.05, 0) is 18.2 Å². The van der Waals surface area contributed by atoms with E-state index in [0.717, 1.165) is 0 Å². The molecule has 0 saturated carbocycles. The number of carbonyl (C=O) groups excluding carboxylic acids is 1. The Hall–Kier alpha value is -2.77. The van der Waals surface area contributed by atoms with Crippen molar-refractivity contribution in [1.29, 1.82) is 0 Å². The molecule has 1 saturated heterocycles.